The minimum atomic E-state index is -3.80. The quantitative estimate of drug-likeness (QED) is 0.186. The number of rotatable bonds is 6. The van der Waals surface area contributed by atoms with Crippen molar-refractivity contribution in [3.63, 3.8) is 0 Å². The molecular weight excluding hydrogens is 550 g/mol. The highest BCUT2D eigenvalue weighted by Gasteiger charge is 2.22. The monoisotopic (exact) mass is 577 g/mol. The maximum Gasteiger partial charge on any atom is 0.206 e. The minimum Gasteiger partial charge on any atom is -0.310 e. The van der Waals surface area contributed by atoms with Gasteiger partial charge in [0.25, 0.3) is 0 Å². The van der Waals surface area contributed by atoms with E-state index in [0.29, 0.717) is 5.56 Å². The smallest absolute Gasteiger partial charge is 0.206 e. The second-order valence-corrected chi connectivity index (χ2v) is 12.4. The Hall–Kier alpha value is -5.38. The van der Waals surface area contributed by atoms with Crippen LogP contribution in [-0.4, -0.2) is 17.6 Å². The van der Waals surface area contributed by atoms with Crippen LogP contribution < -0.4 is 0 Å². The second-order valence-electron chi connectivity index (χ2n) is 10.5. The number of hydrogen-bond acceptors (Lipinski definition) is 3. The first-order valence-corrected chi connectivity index (χ1v) is 15.6. The van der Waals surface area contributed by atoms with Gasteiger partial charge in [-0.2, -0.15) is 5.26 Å². The predicted octanol–water partition coefficient (Wildman–Crippen LogP) is 8.83. The van der Waals surface area contributed by atoms with Gasteiger partial charge in [-0.15, -0.1) is 0 Å². The lowest BCUT2D eigenvalue weighted by molar-refractivity contribution is 0.596. The van der Waals surface area contributed by atoms with Gasteiger partial charge in [-0.1, -0.05) is 61.2 Å². The highest BCUT2D eigenvalue weighted by molar-refractivity contribution is 7.91. The third-order valence-corrected chi connectivity index (χ3v) is 9.71. The summed E-state index contributed by atoms with van der Waals surface area (Å²) in [6.07, 6.45) is 14.5. The van der Waals surface area contributed by atoms with Crippen molar-refractivity contribution < 1.29 is 8.42 Å². The van der Waals surface area contributed by atoms with Crippen LogP contribution in [0.1, 0.15) is 24.1 Å². The van der Waals surface area contributed by atoms with Gasteiger partial charge in [0.1, 0.15) is 0 Å². The van der Waals surface area contributed by atoms with Crippen LogP contribution in [0.25, 0.3) is 50.2 Å². The Morgan fingerprint density at radius 2 is 1.67 bits per heavy atom. The molecular formula is C37H27N3O2S. The molecule has 208 valence electrons. The number of benzene rings is 4. The maximum absolute atomic E-state index is 13.6. The van der Waals surface area contributed by atoms with Crippen molar-refractivity contribution in [2.24, 2.45) is 0 Å². The van der Waals surface area contributed by atoms with Crippen molar-refractivity contribution >= 4 is 54.3 Å². The summed E-state index contributed by atoms with van der Waals surface area (Å²) in [4.78, 5) is 0.346. The van der Waals surface area contributed by atoms with Crippen LogP contribution in [0.15, 0.2) is 138 Å². The number of hydrogen-bond donors (Lipinski definition) is 0. The third kappa shape index (κ3) is 4.34. The molecule has 5 nitrogen and oxygen atoms in total. The highest BCUT2D eigenvalue weighted by atomic mass is 32.2. The van der Waals surface area contributed by atoms with Crippen LogP contribution in [0.3, 0.4) is 0 Å². The van der Waals surface area contributed by atoms with Crippen LogP contribution in [0, 0.1) is 11.3 Å². The van der Waals surface area contributed by atoms with Crippen LogP contribution in [0.4, 0.5) is 0 Å². The van der Waals surface area contributed by atoms with Gasteiger partial charge >= 0.3 is 0 Å². The molecule has 0 N–H and O–H groups in total. The highest BCUT2D eigenvalue weighted by Crippen LogP contribution is 2.40. The standard InChI is InChI=1S/C37H27N3O2S/c1-2-3-10-29-23-27-19-22-35-36(37(27)39(29)28-11-5-4-6-12-28)33-15-7-8-16-34(33)40(35)30-13-9-14-32(24-30)43(41,42)31-20-17-26(25-38)18-21-31/h2-3,5,7-24H,1,4,6H2/b10-3-. The second kappa shape index (κ2) is 10.5. The summed E-state index contributed by atoms with van der Waals surface area (Å²) in [5.41, 5.74) is 6.44. The van der Waals surface area contributed by atoms with Crippen LogP contribution in [-0.2, 0) is 9.84 Å². The fraction of sp³-hybridized carbons (Fsp3) is 0.0541. The lowest BCUT2D eigenvalue weighted by Gasteiger charge is -2.14. The van der Waals surface area contributed by atoms with E-state index in [1.165, 1.54) is 24.3 Å². The number of nitrogens with zero attached hydrogens (tertiary/aromatic N) is 3. The van der Waals surface area contributed by atoms with Crippen molar-refractivity contribution in [1.82, 2.24) is 9.13 Å². The molecule has 0 atom stereocenters. The van der Waals surface area contributed by atoms with Gasteiger partial charge < -0.3 is 9.13 Å². The number of aromatic nitrogens is 2. The minimum absolute atomic E-state index is 0.152. The fourth-order valence-electron chi connectivity index (χ4n) is 6.01. The molecule has 0 bridgehead atoms. The van der Waals surface area contributed by atoms with Crippen molar-refractivity contribution in [2.45, 2.75) is 22.6 Å². The molecule has 1 aliphatic carbocycles. The molecule has 6 heteroatoms. The number of allylic oxidation sites excluding steroid dienone is 6. The SMILES string of the molecule is C=C/C=C\c1cc2ccc3c(c4ccccc4n3-c3cccc(S(=O)(=O)c4ccc(C#N)cc4)c3)c2n1C1=CCCC=C1. The number of para-hydroxylation sites is 1. The first-order chi connectivity index (χ1) is 21.0. The van der Waals surface area contributed by atoms with E-state index in [1.54, 1.807) is 24.3 Å². The lowest BCUT2D eigenvalue weighted by Crippen LogP contribution is -2.04. The van der Waals surface area contributed by atoms with Crippen LogP contribution >= 0.6 is 0 Å². The summed E-state index contributed by atoms with van der Waals surface area (Å²) in [5.74, 6) is 0. The summed E-state index contributed by atoms with van der Waals surface area (Å²) in [5, 5.41) is 12.5. The Balaban J connectivity index is 1.51. The van der Waals surface area contributed by atoms with E-state index in [-0.39, 0.29) is 9.79 Å². The normalized spacial score (nSPS) is 13.6. The zero-order valence-electron chi connectivity index (χ0n) is 23.3. The molecule has 2 heterocycles. The molecule has 6 aromatic rings. The van der Waals surface area contributed by atoms with E-state index in [2.05, 4.69) is 70.3 Å². The largest absolute Gasteiger partial charge is 0.310 e. The lowest BCUT2D eigenvalue weighted by atomic mass is 10.1. The average molecular weight is 578 g/mol. The van der Waals surface area contributed by atoms with Gasteiger partial charge in [-0.3, -0.25) is 0 Å². The van der Waals surface area contributed by atoms with Crippen molar-refractivity contribution in [3.05, 3.63) is 139 Å². The van der Waals surface area contributed by atoms with E-state index >= 15 is 0 Å². The zero-order chi connectivity index (χ0) is 29.6. The van der Waals surface area contributed by atoms with Crippen molar-refractivity contribution in [1.29, 1.82) is 5.26 Å². The number of nitriles is 1. The Morgan fingerprint density at radius 3 is 2.44 bits per heavy atom. The predicted molar refractivity (Wildman–Crippen MR) is 175 cm³/mol. The Bertz CT molecular complexity index is 2320. The molecule has 1 aliphatic rings. The molecule has 43 heavy (non-hydrogen) atoms. The molecule has 0 radical (unpaired) electrons. The van der Waals surface area contributed by atoms with E-state index in [4.69, 9.17) is 5.26 Å². The van der Waals surface area contributed by atoms with Crippen LogP contribution in [0.5, 0.6) is 0 Å². The summed E-state index contributed by atoms with van der Waals surface area (Å²) in [7, 11) is -3.80. The van der Waals surface area contributed by atoms with E-state index in [0.717, 1.165) is 62.6 Å². The Labute approximate surface area is 250 Å². The van der Waals surface area contributed by atoms with E-state index < -0.39 is 9.84 Å². The number of fused-ring (bicyclic) bond motifs is 5. The fourth-order valence-corrected chi connectivity index (χ4v) is 7.31. The molecule has 7 rings (SSSR count). The Kier molecular flexibility index (Phi) is 6.46. The van der Waals surface area contributed by atoms with E-state index in [9.17, 15) is 8.42 Å². The third-order valence-electron chi connectivity index (χ3n) is 7.94. The molecule has 0 amide bonds. The summed E-state index contributed by atoms with van der Waals surface area (Å²) in [6, 6.07) is 29.9. The molecule has 2 aromatic heterocycles. The molecule has 0 saturated heterocycles. The first kappa shape index (κ1) is 26.5. The van der Waals surface area contributed by atoms with Gasteiger partial charge in [0.15, 0.2) is 0 Å². The van der Waals surface area contributed by atoms with E-state index in [1.807, 2.05) is 30.3 Å². The number of sulfone groups is 1. The van der Waals surface area contributed by atoms with Gasteiger partial charge in [0.05, 0.1) is 38.0 Å². The van der Waals surface area contributed by atoms with Gasteiger partial charge in [-0.25, -0.2) is 8.42 Å². The molecule has 0 aliphatic heterocycles. The summed E-state index contributed by atoms with van der Waals surface area (Å²) in [6.45, 7) is 3.87. The summed E-state index contributed by atoms with van der Waals surface area (Å²) >= 11 is 0. The van der Waals surface area contributed by atoms with Gasteiger partial charge in [0, 0.05) is 33.2 Å². The summed E-state index contributed by atoms with van der Waals surface area (Å²) < 4.78 is 31.7. The van der Waals surface area contributed by atoms with Gasteiger partial charge in [0.2, 0.25) is 9.84 Å². The van der Waals surface area contributed by atoms with Gasteiger partial charge in [-0.05, 0) is 85.7 Å². The average Bonchev–Trinajstić information content (AvgIpc) is 3.59. The molecule has 0 spiro atoms. The molecule has 0 saturated carbocycles. The molecule has 4 aromatic carbocycles. The first-order valence-electron chi connectivity index (χ1n) is 14.1. The molecule has 0 fully saturated rings. The van der Waals surface area contributed by atoms with Crippen molar-refractivity contribution in [3.8, 4) is 11.8 Å². The van der Waals surface area contributed by atoms with Crippen molar-refractivity contribution in [2.75, 3.05) is 0 Å². The zero-order valence-corrected chi connectivity index (χ0v) is 24.1. The molecule has 0 unspecified atom stereocenters. The maximum atomic E-state index is 13.6. The topological polar surface area (TPSA) is 67.8 Å². The Morgan fingerprint density at radius 1 is 0.837 bits per heavy atom. The van der Waals surface area contributed by atoms with Crippen LogP contribution in [0.2, 0.25) is 0 Å².